The molecule has 120 valence electrons. The molecule has 0 aliphatic carbocycles. The molecule has 0 saturated carbocycles. The molecule has 1 atom stereocenters. The van der Waals surface area contributed by atoms with Crippen LogP contribution in [-0.4, -0.2) is 0 Å². The Labute approximate surface area is 148 Å². The average molecular weight is 346 g/mol. The molecule has 2 heterocycles. The molecule has 2 aliphatic heterocycles. The Bertz CT molecular complexity index is 1020. The highest BCUT2D eigenvalue weighted by molar-refractivity contribution is 8.03. The first-order valence-corrected chi connectivity index (χ1v) is 8.34. The van der Waals surface area contributed by atoms with Crippen LogP contribution in [0.4, 0.5) is 10.1 Å². The normalized spacial score (nSPS) is 18.5. The zero-order valence-electron chi connectivity index (χ0n) is 12.9. The molecule has 2 aromatic rings. The van der Waals surface area contributed by atoms with Gasteiger partial charge >= 0.3 is 0 Å². The average Bonchev–Trinajstić information content (AvgIpc) is 3.02. The monoisotopic (exact) mass is 346 g/mol. The van der Waals surface area contributed by atoms with Gasteiger partial charge in [0.25, 0.3) is 0 Å². The summed E-state index contributed by atoms with van der Waals surface area (Å²) < 4.78 is 13.3. The molecule has 25 heavy (non-hydrogen) atoms. The van der Waals surface area contributed by atoms with Crippen molar-refractivity contribution in [1.29, 1.82) is 10.5 Å². The first kappa shape index (κ1) is 15.3. The van der Waals surface area contributed by atoms with Gasteiger partial charge in [-0.15, -0.1) is 0 Å². The summed E-state index contributed by atoms with van der Waals surface area (Å²) in [6.07, 6.45) is 0. The number of allylic oxidation sites excluding steroid dienone is 2. The number of para-hydroxylation sites is 1. The SMILES string of the molecule is N#CC1=C(N)N2C(=C(C#N)[C@H]1c1ccc(F)cc1)Sc1ccccc12. The molecule has 0 radical (unpaired) electrons. The summed E-state index contributed by atoms with van der Waals surface area (Å²) in [5, 5.41) is 20.2. The van der Waals surface area contributed by atoms with E-state index in [0.29, 0.717) is 27.6 Å². The third-order valence-corrected chi connectivity index (χ3v) is 5.45. The highest BCUT2D eigenvalue weighted by Gasteiger charge is 2.40. The second-order valence-corrected chi connectivity index (χ2v) is 6.66. The van der Waals surface area contributed by atoms with Crippen molar-refractivity contribution < 1.29 is 4.39 Å². The highest BCUT2D eigenvalue weighted by Crippen LogP contribution is 2.54. The van der Waals surface area contributed by atoms with Crippen molar-refractivity contribution in [3.05, 3.63) is 81.9 Å². The van der Waals surface area contributed by atoms with E-state index >= 15 is 0 Å². The van der Waals surface area contributed by atoms with Crippen LogP contribution in [-0.2, 0) is 0 Å². The molecular formula is C19H11FN4S. The smallest absolute Gasteiger partial charge is 0.123 e. The van der Waals surface area contributed by atoms with Gasteiger partial charge in [0.15, 0.2) is 0 Å². The fourth-order valence-corrected chi connectivity index (χ4v) is 4.34. The van der Waals surface area contributed by atoms with Gasteiger partial charge in [-0.1, -0.05) is 36.0 Å². The highest BCUT2D eigenvalue weighted by atomic mass is 32.2. The number of nitriles is 2. The Kier molecular flexibility index (Phi) is 3.49. The molecule has 0 bridgehead atoms. The van der Waals surface area contributed by atoms with Gasteiger partial charge in [-0.05, 0) is 29.8 Å². The zero-order valence-corrected chi connectivity index (χ0v) is 13.7. The quantitative estimate of drug-likeness (QED) is 0.845. The zero-order chi connectivity index (χ0) is 17.6. The lowest BCUT2D eigenvalue weighted by Crippen LogP contribution is -2.32. The van der Waals surface area contributed by atoms with Crippen molar-refractivity contribution >= 4 is 17.4 Å². The van der Waals surface area contributed by atoms with Crippen molar-refractivity contribution in [3.8, 4) is 12.1 Å². The first-order chi connectivity index (χ1) is 12.2. The van der Waals surface area contributed by atoms with Crippen LogP contribution >= 0.6 is 11.8 Å². The number of hydrogen-bond donors (Lipinski definition) is 1. The fraction of sp³-hybridized carbons (Fsp3) is 0.0526. The van der Waals surface area contributed by atoms with Gasteiger partial charge < -0.3 is 5.73 Å². The van der Waals surface area contributed by atoms with Crippen molar-refractivity contribution in [1.82, 2.24) is 0 Å². The van der Waals surface area contributed by atoms with Gasteiger partial charge in [0.2, 0.25) is 0 Å². The van der Waals surface area contributed by atoms with E-state index in [9.17, 15) is 14.9 Å². The van der Waals surface area contributed by atoms with Gasteiger partial charge in [-0.3, -0.25) is 4.90 Å². The van der Waals surface area contributed by atoms with Crippen LogP contribution in [0.1, 0.15) is 11.5 Å². The number of halogens is 1. The van der Waals surface area contributed by atoms with E-state index in [-0.39, 0.29) is 5.82 Å². The van der Waals surface area contributed by atoms with Crippen LogP contribution in [0.2, 0.25) is 0 Å². The van der Waals surface area contributed by atoms with Crippen LogP contribution in [0.3, 0.4) is 0 Å². The predicted molar refractivity (Wildman–Crippen MR) is 93.4 cm³/mol. The number of benzene rings is 2. The van der Waals surface area contributed by atoms with E-state index in [1.54, 1.807) is 17.0 Å². The summed E-state index contributed by atoms with van der Waals surface area (Å²) in [4.78, 5) is 2.74. The van der Waals surface area contributed by atoms with Crippen LogP contribution < -0.4 is 10.6 Å². The lowest BCUT2D eigenvalue weighted by atomic mass is 9.83. The summed E-state index contributed by atoms with van der Waals surface area (Å²) >= 11 is 1.46. The van der Waals surface area contributed by atoms with Gasteiger partial charge in [-0.25, -0.2) is 4.39 Å². The van der Waals surface area contributed by atoms with E-state index in [2.05, 4.69) is 12.1 Å². The van der Waals surface area contributed by atoms with Gasteiger partial charge in [-0.2, -0.15) is 10.5 Å². The summed E-state index contributed by atoms with van der Waals surface area (Å²) in [6, 6.07) is 17.9. The minimum atomic E-state index is -0.594. The molecule has 0 aromatic heterocycles. The molecule has 4 nitrogen and oxygen atoms in total. The molecule has 2 aromatic carbocycles. The maximum absolute atomic E-state index is 13.3. The van der Waals surface area contributed by atoms with Crippen LogP contribution in [0.25, 0.3) is 0 Å². The van der Waals surface area contributed by atoms with Crippen LogP contribution in [0.15, 0.2) is 75.4 Å². The minimum Gasteiger partial charge on any atom is -0.384 e. The van der Waals surface area contributed by atoms with E-state index in [1.807, 2.05) is 24.3 Å². The molecule has 6 heteroatoms. The molecule has 2 N–H and O–H groups in total. The van der Waals surface area contributed by atoms with Crippen LogP contribution in [0.5, 0.6) is 0 Å². The molecular weight excluding hydrogens is 335 g/mol. The van der Waals surface area contributed by atoms with Crippen molar-refractivity contribution in [2.75, 3.05) is 4.90 Å². The van der Waals surface area contributed by atoms with Crippen molar-refractivity contribution in [3.63, 3.8) is 0 Å². The standard InChI is InChI=1S/C19H11FN4S/c20-12-7-5-11(6-8-12)17-13(9-21)18(23)24-15-3-1-2-4-16(15)25-19(24)14(17)10-22/h1-8,17H,23H2/t17-/m0/s1. The fourth-order valence-electron chi connectivity index (χ4n) is 3.16. The number of thioether (sulfide) groups is 1. The van der Waals surface area contributed by atoms with E-state index in [1.165, 1.54) is 23.9 Å². The number of rotatable bonds is 1. The third kappa shape index (κ3) is 2.20. The summed E-state index contributed by atoms with van der Waals surface area (Å²) in [5.41, 5.74) is 8.58. The Balaban J connectivity index is 1.96. The van der Waals surface area contributed by atoms with E-state index in [0.717, 1.165) is 10.6 Å². The number of fused-ring (bicyclic) bond motifs is 3. The second-order valence-electron chi connectivity index (χ2n) is 5.63. The summed E-state index contributed by atoms with van der Waals surface area (Å²) in [7, 11) is 0. The first-order valence-electron chi connectivity index (χ1n) is 7.52. The topological polar surface area (TPSA) is 76.8 Å². The molecule has 0 amide bonds. The molecule has 4 rings (SSSR count). The number of hydrogen-bond acceptors (Lipinski definition) is 5. The Morgan fingerprint density at radius 2 is 1.68 bits per heavy atom. The van der Waals surface area contributed by atoms with Gasteiger partial charge in [0.1, 0.15) is 16.7 Å². The minimum absolute atomic E-state index is 0.296. The van der Waals surface area contributed by atoms with Crippen molar-refractivity contribution in [2.24, 2.45) is 5.73 Å². The molecule has 2 aliphatic rings. The predicted octanol–water partition coefficient (Wildman–Crippen LogP) is 3.96. The maximum atomic E-state index is 13.3. The van der Waals surface area contributed by atoms with E-state index in [4.69, 9.17) is 5.73 Å². The molecule has 0 saturated heterocycles. The summed E-state index contributed by atoms with van der Waals surface area (Å²) in [6.45, 7) is 0. The Morgan fingerprint density at radius 3 is 2.36 bits per heavy atom. The molecule has 0 unspecified atom stereocenters. The Hall–Kier alpha value is -3.22. The molecule has 0 spiro atoms. The second kappa shape index (κ2) is 5.70. The maximum Gasteiger partial charge on any atom is 0.123 e. The van der Waals surface area contributed by atoms with Crippen LogP contribution in [0, 0.1) is 28.5 Å². The largest absolute Gasteiger partial charge is 0.384 e. The number of anilines is 1. The molecule has 0 fully saturated rings. The Morgan fingerprint density at radius 1 is 1.00 bits per heavy atom. The number of nitrogens with zero attached hydrogens (tertiary/aromatic N) is 3. The number of nitrogens with two attached hydrogens (primary N) is 1. The lowest BCUT2D eigenvalue weighted by Gasteiger charge is -2.31. The van der Waals surface area contributed by atoms with Gasteiger partial charge in [0.05, 0.1) is 34.9 Å². The summed E-state index contributed by atoms with van der Waals surface area (Å²) in [5.74, 6) is -0.655. The van der Waals surface area contributed by atoms with Gasteiger partial charge in [0, 0.05) is 4.90 Å². The lowest BCUT2D eigenvalue weighted by molar-refractivity contribution is 0.626. The van der Waals surface area contributed by atoms with Crippen molar-refractivity contribution in [2.45, 2.75) is 10.8 Å². The van der Waals surface area contributed by atoms with E-state index < -0.39 is 5.92 Å². The third-order valence-electron chi connectivity index (χ3n) is 4.28.